The van der Waals surface area contributed by atoms with Gasteiger partial charge in [-0.15, -0.1) is 0 Å². The Bertz CT molecular complexity index is 666. The Morgan fingerprint density at radius 2 is 2.32 bits per heavy atom. The minimum Gasteiger partial charge on any atom is -0.326 e. The molecule has 3 rings (SSSR count). The number of nitrogens with zero attached hydrogens (tertiary/aromatic N) is 3. The summed E-state index contributed by atoms with van der Waals surface area (Å²) in [5.74, 6) is 1.57. The second-order valence-corrected chi connectivity index (χ2v) is 5.92. The van der Waals surface area contributed by atoms with E-state index >= 15 is 0 Å². The highest BCUT2D eigenvalue weighted by Crippen LogP contribution is 2.21. The van der Waals surface area contributed by atoms with E-state index in [-0.39, 0.29) is 11.8 Å². The first kappa shape index (κ1) is 14.7. The van der Waals surface area contributed by atoms with Gasteiger partial charge < -0.3 is 10.2 Å². The minimum atomic E-state index is 0.0631. The summed E-state index contributed by atoms with van der Waals surface area (Å²) in [6, 6.07) is 7.65. The van der Waals surface area contributed by atoms with Gasteiger partial charge in [0.2, 0.25) is 5.91 Å². The van der Waals surface area contributed by atoms with Gasteiger partial charge in [0.25, 0.3) is 0 Å². The van der Waals surface area contributed by atoms with Crippen molar-refractivity contribution in [2.45, 2.75) is 19.8 Å². The third-order valence-electron chi connectivity index (χ3n) is 3.98. The number of likely N-dealkylation sites (tertiary alicyclic amines) is 1. The van der Waals surface area contributed by atoms with Crippen molar-refractivity contribution in [1.29, 1.82) is 0 Å². The SMILES string of the molecule is Cc1nc(-c2cccc(NC(=O)C3CCCN(C)C3)c2)n[nH]1. The Labute approximate surface area is 129 Å². The molecule has 0 spiro atoms. The normalized spacial score (nSPS) is 19.1. The monoisotopic (exact) mass is 299 g/mol. The number of aromatic nitrogens is 3. The van der Waals surface area contributed by atoms with Crippen molar-refractivity contribution in [1.82, 2.24) is 20.1 Å². The van der Waals surface area contributed by atoms with Gasteiger partial charge in [0, 0.05) is 17.8 Å². The largest absolute Gasteiger partial charge is 0.326 e. The van der Waals surface area contributed by atoms with E-state index in [9.17, 15) is 4.79 Å². The molecule has 1 atom stereocenters. The van der Waals surface area contributed by atoms with Gasteiger partial charge in [-0.1, -0.05) is 12.1 Å². The molecule has 0 radical (unpaired) electrons. The van der Waals surface area contributed by atoms with E-state index in [1.54, 1.807) is 0 Å². The number of aromatic amines is 1. The number of aryl methyl sites for hydroxylation is 1. The van der Waals surface area contributed by atoms with Crippen LogP contribution in [0.2, 0.25) is 0 Å². The number of H-pyrrole nitrogens is 1. The number of hydrogen-bond donors (Lipinski definition) is 2. The van der Waals surface area contributed by atoms with Crippen LogP contribution < -0.4 is 5.32 Å². The van der Waals surface area contributed by atoms with Crippen molar-refractivity contribution in [2.75, 3.05) is 25.5 Å². The molecule has 6 nitrogen and oxygen atoms in total. The highest BCUT2D eigenvalue weighted by atomic mass is 16.1. The van der Waals surface area contributed by atoms with Crippen LogP contribution in [0, 0.1) is 12.8 Å². The zero-order valence-electron chi connectivity index (χ0n) is 13.0. The summed E-state index contributed by atoms with van der Waals surface area (Å²) in [5, 5.41) is 10.00. The molecule has 1 fully saturated rings. The third-order valence-corrected chi connectivity index (χ3v) is 3.98. The smallest absolute Gasteiger partial charge is 0.228 e. The summed E-state index contributed by atoms with van der Waals surface area (Å²) in [6.07, 6.45) is 2.03. The first-order chi connectivity index (χ1) is 10.6. The first-order valence-electron chi connectivity index (χ1n) is 7.60. The summed E-state index contributed by atoms with van der Waals surface area (Å²) in [6.45, 7) is 3.76. The van der Waals surface area contributed by atoms with Crippen molar-refractivity contribution in [3.05, 3.63) is 30.1 Å². The maximum absolute atomic E-state index is 12.4. The van der Waals surface area contributed by atoms with E-state index in [0.29, 0.717) is 5.82 Å². The Morgan fingerprint density at radius 1 is 1.45 bits per heavy atom. The van der Waals surface area contributed by atoms with Crippen LogP contribution in [0.5, 0.6) is 0 Å². The van der Waals surface area contributed by atoms with Gasteiger partial charge in [-0.05, 0) is 45.5 Å². The predicted molar refractivity (Wildman–Crippen MR) is 85.4 cm³/mol. The third kappa shape index (κ3) is 3.33. The highest BCUT2D eigenvalue weighted by molar-refractivity contribution is 5.93. The lowest BCUT2D eigenvalue weighted by Gasteiger charge is -2.28. The molecule has 2 aromatic rings. The van der Waals surface area contributed by atoms with Gasteiger partial charge in [-0.3, -0.25) is 9.89 Å². The minimum absolute atomic E-state index is 0.0631. The number of benzene rings is 1. The molecular formula is C16H21N5O. The molecular weight excluding hydrogens is 278 g/mol. The van der Waals surface area contributed by atoms with Gasteiger partial charge in [0.05, 0.1) is 5.92 Å². The molecule has 0 aliphatic carbocycles. The van der Waals surface area contributed by atoms with Crippen molar-refractivity contribution < 1.29 is 4.79 Å². The van der Waals surface area contributed by atoms with Crippen molar-refractivity contribution in [2.24, 2.45) is 5.92 Å². The van der Waals surface area contributed by atoms with Gasteiger partial charge in [0.15, 0.2) is 5.82 Å². The van der Waals surface area contributed by atoms with Gasteiger partial charge >= 0.3 is 0 Å². The zero-order chi connectivity index (χ0) is 15.5. The Morgan fingerprint density at radius 3 is 3.05 bits per heavy atom. The van der Waals surface area contributed by atoms with Crippen LogP contribution >= 0.6 is 0 Å². The molecule has 1 aromatic heterocycles. The van der Waals surface area contributed by atoms with Crippen LogP contribution in [-0.4, -0.2) is 46.1 Å². The van der Waals surface area contributed by atoms with Crippen LogP contribution in [-0.2, 0) is 4.79 Å². The number of hydrogen-bond acceptors (Lipinski definition) is 4. The summed E-state index contributed by atoms with van der Waals surface area (Å²) in [5.41, 5.74) is 1.68. The van der Waals surface area contributed by atoms with Crippen LogP contribution in [0.3, 0.4) is 0 Å². The molecule has 0 saturated carbocycles. The highest BCUT2D eigenvalue weighted by Gasteiger charge is 2.23. The van der Waals surface area contributed by atoms with E-state index in [2.05, 4.69) is 32.4 Å². The number of carbonyl (C=O) groups is 1. The van der Waals surface area contributed by atoms with E-state index in [0.717, 1.165) is 43.0 Å². The Balaban J connectivity index is 1.71. The summed E-state index contributed by atoms with van der Waals surface area (Å²) in [4.78, 5) is 18.9. The Kier molecular flexibility index (Phi) is 4.20. The summed E-state index contributed by atoms with van der Waals surface area (Å²) >= 11 is 0. The molecule has 0 bridgehead atoms. The molecule has 2 N–H and O–H groups in total. The maximum atomic E-state index is 12.4. The summed E-state index contributed by atoms with van der Waals surface area (Å²) < 4.78 is 0. The predicted octanol–water partition coefficient (Wildman–Crippen LogP) is 2.06. The molecule has 2 heterocycles. The van der Waals surface area contributed by atoms with E-state index in [4.69, 9.17) is 0 Å². The second-order valence-electron chi connectivity index (χ2n) is 5.92. The lowest BCUT2D eigenvalue weighted by atomic mass is 9.97. The average Bonchev–Trinajstić information content (AvgIpc) is 2.94. The maximum Gasteiger partial charge on any atom is 0.228 e. The van der Waals surface area contributed by atoms with Crippen molar-refractivity contribution in [3.63, 3.8) is 0 Å². The molecule has 1 aliphatic heterocycles. The first-order valence-corrected chi connectivity index (χ1v) is 7.60. The van der Waals surface area contributed by atoms with Crippen LogP contribution in [0.25, 0.3) is 11.4 Å². The van der Waals surface area contributed by atoms with E-state index in [1.807, 2.05) is 31.2 Å². The van der Waals surface area contributed by atoms with Crippen LogP contribution in [0.1, 0.15) is 18.7 Å². The molecule has 1 aliphatic rings. The van der Waals surface area contributed by atoms with Crippen LogP contribution in [0.4, 0.5) is 5.69 Å². The molecule has 116 valence electrons. The van der Waals surface area contributed by atoms with Gasteiger partial charge in [-0.2, -0.15) is 5.10 Å². The number of amides is 1. The fourth-order valence-corrected chi connectivity index (χ4v) is 2.83. The number of piperidine rings is 1. The van der Waals surface area contributed by atoms with Crippen LogP contribution in [0.15, 0.2) is 24.3 Å². The van der Waals surface area contributed by atoms with Gasteiger partial charge in [-0.25, -0.2) is 4.98 Å². The van der Waals surface area contributed by atoms with E-state index in [1.165, 1.54) is 0 Å². The quantitative estimate of drug-likeness (QED) is 0.910. The summed E-state index contributed by atoms with van der Waals surface area (Å²) in [7, 11) is 2.06. The second kappa shape index (κ2) is 6.27. The number of nitrogens with one attached hydrogen (secondary N) is 2. The van der Waals surface area contributed by atoms with E-state index < -0.39 is 0 Å². The molecule has 1 amide bonds. The molecule has 1 unspecified atom stereocenters. The molecule has 6 heteroatoms. The Hall–Kier alpha value is -2.21. The number of anilines is 1. The van der Waals surface area contributed by atoms with Crippen molar-refractivity contribution >= 4 is 11.6 Å². The van der Waals surface area contributed by atoms with Crippen molar-refractivity contribution in [3.8, 4) is 11.4 Å². The lowest BCUT2D eigenvalue weighted by Crippen LogP contribution is -2.38. The number of rotatable bonds is 3. The standard InChI is InChI=1S/C16H21N5O/c1-11-17-15(20-19-11)12-5-3-7-14(9-12)18-16(22)13-6-4-8-21(2)10-13/h3,5,7,9,13H,4,6,8,10H2,1-2H3,(H,18,22)(H,17,19,20). The number of carbonyl (C=O) groups excluding carboxylic acids is 1. The average molecular weight is 299 g/mol. The molecule has 22 heavy (non-hydrogen) atoms. The van der Waals surface area contributed by atoms with Gasteiger partial charge in [0.1, 0.15) is 5.82 Å². The fraction of sp³-hybridized carbons (Fsp3) is 0.438. The topological polar surface area (TPSA) is 73.9 Å². The molecule has 1 aromatic carbocycles. The fourth-order valence-electron chi connectivity index (χ4n) is 2.83. The zero-order valence-corrected chi connectivity index (χ0v) is 13.0. The lowest BCUT2D eigenvalue weighted by molar-refractivity contribution is -0.121. The molecule has 1 saturated heterocycles.